The summed E-state index contributed by atoms with van der Waals surface area (Å²) in [4.78, 5) is 10.3. The number of allylic oxidation sites excluding steroid dienone is 3. The lowest BCUT2D eigenvalue weighted by atomic mass is 10.3. The van der Waals surface area contributed by atoms with Crippen molar-refractivity contribution in [1.29, 1.82) is 0 Å². The number of carbonyl (C=O) groups is 1. The summed E-state index contributed by atoms with van der Waals surface area (Å²) in [5.41, 5.74) is 0.443. The van der Waals surface area contributed by atoms with Crippen LogP contribution in [0.1, 0.15) is 6.92 Å². The second-order valence-electron chi connectivity index (χ2n) is 1.90. The van der Waals surface area contributed by atoms with Gasteiger partial charge < -0.3 is 5.11 Å². The van der Waals surface area contributed by atoms with Crippen molar-refractivity contribution in [3.05, 3.63) is 21.3 Å². The molecule has 2 nitrogen and oxygen atoms in total. The van der Waals surface area contributed by atoms with Crippen LogP contribution < -0.4 is 0 Å². The van der Waals surface area contributed by atoms with E-state index in [-0.39, 0.29) is 20.7 Å². The number of carboxylic acids is 1. The highest BCUT2D eigenvalue weighted by atomic mass is 127. The second kappa shape index (κ2) is 3.09. The molecule has 0 atom stereocenters. The first-order chi connectivity index (χ1) is 4.70. The predicted molar refractivity (Wildman–Crippen MR) is 49.6 cm³/mol. The summed E-state index contributed by atoms with van der Waals surface area (Å²) in [6.07, 6.45) is 3.54. The zero-order chi connectivity index (χ0) is 7.56. The molecule has 0 spiro atoms. The molecular weight excluding hydrogens is 243 g/mol. The summed E-state index contributed by atoms with van der Waals surface area (Å²) in [5, 5.41) is 8.51. The highest BCUT2D eigenvalue weighted by Crippen LogP contribution is 2.18. The molecule has 0 unspecified atom stereocenters. The fraction of sp³-hybridized carbons (Fsp3) is 0.143. The molecule has 1 N–H and O–H groups in total. The van der Waals surface area contributed by atoms with Crippen LogP contribution in [0, 0.1) is 0 Å². The van der Waals surface area contributed by atoms with Crippen LogP contribution in [0.2, 0.25) is 0 Å². The van der Waals surface area contributed by atoms with Crippen molar-refractivity contribution < 1.29 is 9.90 Å². The van der Waals surface area contributed by atoms with Gasteiger partial charge in [0.1, 0.15) is 0 Å². The van der Waals surface area contributed by atoms with E-state index >= 15 is 0 Å². The molecule has 0 fully saturated rings. The Morgan fingerprint density at radius 3 is 2.70 bits per heavy atom. The van der Waals surface area contributed by atoms with Crippen LogP contribution in [0.3, 0.4) is 0 Å². The molecule has 0 aromatic heterocycles. The molecule has 0 saturated heterocycles. The number of hydrogen-bond acceptors (Lipinski definition) is 1. The Morgan fingerprint density at radius 2 is 2.30 bits per heavy atom. The van der Waals surface area contributed by atoms with E-state index in [1.165, 1.54) is 3.58 Å². The molecular formula is C7H7IO2. The van der Waals surface area contributed by atoms with E-state index in [2.05, 4.69) is 0 Å². The van der Waals surface area contributed by atoms with Gasteiger partial charge in [-0.15, -0.1) is 0 Å². The molecule has 0 amide bonds. The number of halogens is 1. The third-order valence-electron chi connectivity index (χ3n) is 1.08. The van der Waals surface area contributed by atoms with Crippen LogP contribution in [-0.2, 0) is 4.79 Å². The van der Waals surface area contributed by atoms with Crippen molar-refractivity contribution >= 4 is 30.7 Å². The Balaban J connectivity index is 2.88. The van der Waals surface area contributed by atoms with Gasteiger partial charge in [0.15, 0.2) is 0 Å². The number of carboxylic acid groups (broad SMARTS) is 1. The first-order valence-corrected chi connectivity index (χ1v) is 5.11. The molecule has 0 saturated carbocycles. The van der Waals surface area contributed by atoms with Crippen molar-refractivity contribution in [3.8, 4) is 0 Å². The summed E-state index contributed by atoms with van der Waals surface area (Å²) in [6, 6.07) is 0. The van der Waals surface area contributed by atoms with Gasteiger partial charge in [-0.2, -0.15) is 0 Å². The first kappa shape index (κ1) is 7.65. The van der Waals surface area contributed by atoms with E-state index in [0.717, 1.165) is 0 Å². The largest absolute Gasteiger partial charge is 0.478 e. The van der Waals surface area contributed by atoms with Crippen molar-refractivity contribution in [2.24, 2.45) is 0 Å². The molecule has 1 heterocycles. The highest BCUT2D eigenvalue weighted by Gasteiger charge is 2.03. The van der Waals surface area contributed by atoms with E-state index in [0.29, 0.717) is 5.57 Å². The van der Waals surface area contributed by atoms with Crippen molar-refractivity contribution in [3.63, 3.8) is 0 Å². The smallest absolute Gasteiger partial charge is 0.336 e. The van der Waals surface area contributed by atoms with Gasteiger partial charge >= 0.3 is 5.97 Å². The maximum atomic E-state index is 10.3. The lowest BCUT2D eigenvalue weighted by Gasteiger charge is -1.97. The van der Waals surface area contributed by atoms with Crippen LogP contribution in [0.4, 0.5) is 0 Å². The molecule has 0 radical (unpaired) electrons. The minimum absolute atomic E-state index is 0.135. The van der Waals surface area contributed by atoms with Crippen molar-refractivity contribution in [2.75, 3.05) is 0 Å². The lowest BCUT2D eigenvalue weighted by Crippen LogP contribution is -2.01. The van der Waals surface area contributed by atoms with Crippen molar-refractivity contribution in [1.82, 2.24) is 0 Å². The van der Waals surface area contributed by atoms with Crippen LogP contribution in [0.5, 0.6) is 0 Å². The summed E-state index contributed by atoms with van der Waals surface area (Å²) < 4.78 is 3.14. The Morgan fingerprint density at radius 1 is 1.60 bits per heavy atom. The standard InChI is InChI=1S/C7H7IO2/c1-5-2-3-6(4-8-5)7(9)10/h2-4H,1H3,(H,9,10). The topological polar surface area (TPSA) is 37.3 Å². The fourth-order valence-corrected chi connectivity index (χ4v) is 2.23. The lowest BCUT2D eigenvalue weighted by molar-refractivity contribution is -0.131. The molecule has 1 aliphatic rings. The van der Waals surface area contributed by atoms with E-state index in [4.69, 9.17) is 5.11 Å². The number of aliphatic carboxylic acids is 1. The summed E-state index contributed by atoms with van der Waals surface area (Å²) in [6.45, 7) is 2.03. The molecule has 0 aromatic carbocycles. The zero-order valence-corrected chi connectivity index (χ0v) is 7.62. The third kappa shape index (κ3) is 1.76. The van der Waals surface area contributed by atoms with Gasteiger partial charge in [-0.1, -0.05) is 26.8 Å². The summed E-state index contributed by atoms with van der Waals surface area (Å²) >= 11 is -0.135. The average molecular weight is 250 g/mol. The Kier molecular flexibility index (Phi) is 2.37. The maximum absolute atomic E-state index is 10.3. The van der Waals surface area contributed by atoms with Crippen LogP contribution >= 0.6 is 20.7 Å². The minimum atomic E-state index is -0.816. The van der Waals surface area contributed by atoms with E-state index in [1.54, 1.807) is 6.08 Å². The first-order valence-electron chi connectivity index (χ1n) is 2.78. The van der Waals surface area contributed by atoms with Crippen LogP contribution in [0.25, 0.3) is 0 Å². The van der Waals surface area contributed by atoms with Gasteiger partial charge in [-0.05, 0) is 20.6 Å². The zero-order valence-electron chi connectivity index (χ0n) is 5.47. The highest BCUT2D eigenvalue weighted by molar-refractivity contribution is 14.2. The molecule has 1 aliphatic heterocycles. The molecule has 1 rings (SSSR count). The third-order valence-corrected chi connectivity index (χ3v) is 3.41. The molecule has 0 bridgehead atoms. The van der Waals surface area contributed by atoms with Gasteiger partial charge in [0.25, 0.3) is 0 Å². The Labute approximate surface area is 69.0 Å². The summed E-state index contributed by atoms with van der Waals surface area (Å²) in [7, 11) is 0. The Hall–Kier alpha value is -0.450. The quantitative estimate of drug-likeness (QED) is 0.719. The normalized spacial score (nSPS) is 16.9. The molecule has 3 heteroatoms. The predicted octanol–water partition coefficient (Wildman–Crippen LogP) is 1.69. The number of rotatable bonds is 1. The van der Waals surface area contributed by atoms with Gasteiger partial charge in [0.05, 0.1) is 5.57 Å². The Bertz CT molecular complexity index is 248. The molecule has 0 aliphatic carbocycles. The molecule has 54 valence electrons. The SMILES string of the molecule is CC1=CC=C(C(=O)O)C=I1. The van der Waals surface area contributed by atoms with Gasteiger partial charge in [-0.25, -0.2) is 4.79 Å². The fourth-order valence-electron chi connectivity index (χ4n) is 0.540. The van der Waals surface area contributed by atoms with Gasteiger partial charge in [-0.3, -0.25) is 0 Å². The number of hydrogen-bond donors (Lipinski definition) is 1. The molecule has 10 heavy (non-hydrogen) atoms. The van der Waals surface area contributed by atoms with Crippen LogP contribution in [0.15, 0.2) is 21.3 Å². The van der Waals surface area contributed by atoms with Gasteiger partial charge in [0, 0.05) is 0 Å². The minimum Gasteiger partial charge on any atom is -0.478 e. The van der Waals surface area contributed by atoms with Gasteiger partial charge in [0.2, 0.25) is 0 Å². The summed E-state index contributed by atoms with van der Waals surface area (Å²) in [5.74, 6) is -0.816. The van der Waals surface area contributed by atoms with E-state index in [9.17, 15) is 4.79 Å². The second-order valence-corrected chi connectivity index (χ2v) is 4.85. The van der Waals surface area contributed by atoms with Crippen LogP contribution in [-0.4, -0.2) is 15.1 Å². The monoisotopic (exact) mass is 250 g/mol. The van der Waals surface area contributed by atoms with E-state index < -0.39 is 5.97 Å². The molecule has 0 aromatic rings. The van der Waals surface area contributed by atoms with E-state index in [1.807, 2.05) is 17.0 Å². The average Bonchev–Trinajstić information content (AvgIpc) is 1.88. The van der Waals surface area contributed by atoms with Crippen molar-refractivity contribution in [2.45, 2.75) is 6.92 Å². The maximum Gasteiger partial charge on any atom is 0.336 e.